The van der Waals surface area contributed by atoms with Crippen molar-refractivity contribution >= 4 is 0 Å². The molecule has 0 fully saturated rings. The first-order chi connectivity index (χ1) is 5.65. The van der Waals surface area contributed by atoms with E-state index in [4.69, 9.17) is 5.73 Å². The van der Waals surface area contributed by atoms with Crippen molar-refractivity contribution in [3.8, 4) is 0 Å². The van der Waals surface area contributed by atoms with Crippen LogP contribution in [0.2, 0.25) is 0 Å². The summed E-state index contributed by atoms with van der Waals surface area (Å²) in [6.07, 6.45) is 0. The molecule has 1 aromatic rings. The monoisotopic (exact) mass is 171 g/mol. The second-order valence-corrected chi connectivity index (χ2v) is 2.79. The fourth-order valence-electron chi connectivity index (χ4n) is 1.03. The first-order valence-electron chi connectivity index (χ1n) is 3.72. The van der Waals surface area contributed by atoms with Gasteiger partial charge in [-0.05, 0) is 13.0 Å². The second kappa shape index (κ2) is 3.63. The van der Waals surface area contributed by atoms with Crippen LogP contribution >= 0.6 is 0 Å². The Bertz CT molecular complexity index is 273. The summed E-state index contributed by atoms with van der Waals surface area (Å²) in [6, 6.07) is 3.66. The highest BCUT2D eigenvalue weighted by molar-refractivity contribution is 5.26. The predicted molar refractivity (Wildman–Crippen MR) is 44.0 cm³/mol. The highest BCUT2D eigenvalue weighted by Crippen LogP contribution is 2.16. The number of halogens is 2. The molecule has 1 atom stereocenters. The lowest BCUT2D eigenvalue weighted by atomic mass is 10.1. The quantitative estimate of drug-likeness (QED) is 0.724. The van der Waals surface area contributed by atoms with Gasteiger partial charge in [0, 0.05) is 5.56 Å². The smallest absolute Gasteiger partial charge is 0.128 e. The van der Waals surface area contributed by atoms with E-state index >= 15 is 0 Å². The van der Waals surface area contributed by atoms with E-state index in [1.807, 2.05) is 6.92 Å². The summed E-state index contributed by atoms with van der Waals surface area (Å²) in [5.74, 6) is -0.439. The molecular weight excluding hydrogens is 160 g/mol. The summed E-state index contributed by atoms with van der Waals surface area (Å²) < 4.78 is 25.1. The molecule has 0 aromatic heterocycles. The van der Waals surface area contributed by atoms with Gasteiger partial charge in [-0.15, -0.1) is 0 Å². The van der Waals surface area contributed by atoms with E-state index in [-0.39, 0.29) is 5.56 Å². The van der Waals surface area contributed by atoms with Gasteiger partial charge in [0.1, 0.15) is 12.5 Å². The fraction of sp³-hybridized carbons (Fsp3) is 0.333. The van der Waals surface area contributed by atoms with Crippen molar-refractivity contribution in [2.24, 2.45) is 5.73 Å². The van der Waals surface area contributed by atoms with Crippen LogP contribution in [0.3, 0.4) is 0 Å². The lowest BCUT2D eigenvalue weighted by Crippen LogP contribution is -2.14. The number of hydrogen-bond acceptors (Lipinski definition) is 1. The Labute approximate surface area is 70.2 Å². The van der Waals surface area contributed by atoms with E-state index in [2.05, 4.69) is 0 Å². The van der Waals surface area contributed by atoms with Gasteiger partial charge in [0.2, 0.25) is 0 Å². The minimum absolute atomic E-state index is 0.248. The average molecular weight is 171 g/mol. The van der Waals surface area contributed by atoms with Crippen molar-refractivity contribution in [2.45, 2.75) is 13.0 Å². The van der Waals surface area contributed by atoms with E-state index in [0.29, 0.717) is 0 Å². The van der Waals surface area contributed by atoms with Gasteiger partial charge in [-0.2, -0.15) is 0 Å². The van der Waals surface area contributed by atoms with Gasteiger partial charge in [-0.3, -0.25) is 0 Å². The highest BCUT2D eigenvalue weighted by atomic mass is 19.1. The molecule has 1 rings (SSSR count). The highest BCUT2D eigenvalue weighted by Gasteiger charge is 2.10. The van der Waals surface area contributed by atoms with Crippen molar-refractivity contribution in [3.63, 3.8) is 0 Å². The molecule has 2 N–H and O–H groups in total. The van der Waals surface area contributed by atoms with Crippen LogP contribution in [0, 0.1) is 12.7 Å². The molecule has 0 aliphatic rings. The topological polar surface area (TPSA) is 26.0 Å². The number of nitrogens with two attached hydrogens (primary N) is 1. The van der Waals surface area contributed by atoms with Gasteiger partial charge in [-0.25, -0.2) is 8.78 Å². The van der Waals surface area contributed by atoms with Crippen LogP contribution in [0.15, 0.2) is 18.2 Å². The first-order valence-corrected chi connectivity index (χ1v) is 3.72. The first kappa shape index (κ1) is 9.13. The van der Waals surface area contributed by atoms with Crippen LogP contribution in [0.5, 0.6) is 0 Å². The van der Waals surface area contributed by atoms with Gasteiger partial charge >= 0.3 is 0 Å². The van der Waals surface area contributed by atoms with Crippen molar-refractivity contribution in [1.29, 1.82) is 0 Å². The van der Waals surface area contributed by atoms with Crippen LogP contribution in [-0.2, 0) is 0 Å². The van der Waals surface area contributed by atoms with E-state index in [1.165, 1.54) is 6.07 Å². The van der Waals surface area contributed by atoms with E-state index < -0.39 is 18.5 Å². The van der Waals surface area contributed by atoms with Gasteiger partial charge in [-0.1, -0.05) is 17.7 Å². The fourth-order valence-corrected chi connectivity index (χ4v) is 1.03. The Morgan fingerprint density at radius 2 is 2.17 bits per heavy atom. The molecule has 0 heterocycles. The molecule has 0 amide bonds. The van der Waals surface area contributed by atoms with Crippen molar-refractivity contribution in [2.75, 3.05) is 6.67 Å². The van der Waals surface area contributed by atoms with Crippen LogP contribution < -0.4 is 5.73 Å². The van der Waals surface area contributed by atoms with E-state index in [9.17, 15) is 8.78 Å². The van der Waals surface area contributed by atoms with Crippen molar-refractivity contribution in [1.82, 2.24) is 0 Å². The molecule has 3 heteroatoms. The van der Waals surface area contributed by atoms with Gasteiger partial charge in [0.15, 0.2) is 0 Å². The molecule has 0 spiro atoms. The molecule has 12 heavy (non-hydrogen) atoms. The predicted octanol–water partition coefficient (Wildman–Crippen LogP) is 2.10. The van der Waals surface area contributed by atoms with Gasteiger partial charge < -0.3 is 5.73 Å². The van der Waals surface area contributed by atoms with Crippen molar-refractivity contribution < 1.29 is 8.78 Å². The lowest BCUT2D eigenvalue weighted by molar-refractivity contribution is 0.426. The largest absolute Gasteiger partial charge is 0.322 e. The van der Waals surface area contributed by atoms with Gasteiger partial charge in [0.25, 0.3) is 0 Å². The minimum atomic E-state index is -0.843. The molecule has 1 nitrogen and oxygen atoms in total. The zero-order valence-electron chi connectivity index (χ0n) is 6.85. The SMILES string of the molecule is Cc1ccc(F)c([C@H](N)CF)c1. The van der Waals surface area contributed by atoms with Crippen LogP contribution in [-0.4, -0.2) is 6.67 Å². The minimum Gasteiger partial charge on any atom is -0.322 e. The molecule has 0 bridgehead atoms. The Hall–Kier alpha value is -0.960. The number of alkyl halides is 1. The van der Waals surface area contributed by atoms with Crippen LogP contribution in [0.4, 0.5) is 8.78 Å². The summed E-state index contributed by atoms with van der Waals surface area (Å²) in [5.41, 5.74) is 6.48. The Morgan fingerprint density at radius 1 is 1.50 bits per heavy atom. The maximum Gasteiger partial charge on any atom is 0.128 e. The Balaban J connectivity index is 3.04. The third-order valence-electron chi connectivity index (χ3n) is 1.72. The lowest BCUT2D eigenvalue weighted by Gasteiger charge is -2.08. The number of hydrogen-bond donors (Lipinski definition) is 1. The molecule has 0 unspecified atom stereocenters. The molecule has 0 aliphatic heterocycles. The van der Waals surface area contributed by atoms with Crippen molar-refractivity contribution in [3.05, 3.63) is 35.1 Å². The Morgan fingerprint density at radius 3 is 2.75 bits per heavy atom. The molecular formula is C9H11F2N. The van der Waals surface area contributed by atoms with E-state index in [0.717, 1.165) is 5.56 Å². The molecule has 0 aliphatic carbocycles. The summed E-state index contributed by atoms with van der Waals surface area (Å²) in [4.78, 5) is 0. The molecule has 0 saturated carbocycles. The van der Waals surface area contributed by atoms with Crippen LogP contribution in [0.25, 0.3) is 0 Å². The third-order valence-corrected chi connectivity index (χ3v) is 1.72. The summed E-state index contributed by atoms with van der Waals surface area (Å²) in [5, 5.41) is 0. The second-order valence-electron chi connectivity index (χ2n) is 2.79. The molecule has 0 radical (unpaired) electrons. The number of rotatable bonds is 2. The molecule has 66 valence electrons. The summed E-state index contributed by atoms with van der Waals surface area (Å²) >= 11 is 0. The number of benzene rings is 1. The number of aryl methyl sites for hydroxylation is 1. The zero-order valence-corrected chi connectivity index (χ0v) is 6.85. The Kier molecular flexibility index (Phi) is 2.76. The van der Waals surface area contributed by atoms with Gasteiger partial charge in [0.05, 0.1) is 6.04 Å². The molecule has 0 saturated heterocycles. The average Bonchev–Trinajstić information content (AvgIpc) is 2.08. The van der Waals surface area contributed by atoms with Crippen LogP contribution in [0.1, 0.15) is 17.2 Å². The standard InChI is InChI=1S/C9H11F2N/c1-6-2-3-8(11)7(4-6)9(12)5-10/h2-4,9H,5,12H2,1H3/t9-/m1/s1. The third kappa shape index (κ3) is 1.80. The maximum absolute atomic E-state index is 13.0. The maximum atomic E-state index is 13.0. The zero-order chi connectivity index (χ0) is 9.14. The summed E-state index contributed by atoms with van der Waals surface area (Å²) in [7, 11) is 0. The normalized spacial score (nSPS) is 13.0. The van der Waals surface area contributed by atoms with E-state index in [1.54, 1.807) is 12.1 Å². The summed E-state index contributed by atoms with van der Waals surface area (Å²) in [6.45, 7) is 1.08. The molecule has 1 aromatic carbocycles.